The third kappa shape index (κ3) is 2.05. The van der Waals surface area contributed by atoms with Crippen molar-refractivity contribution in [1.82, 2.24) is 9.55 Å². The molecule has 0 fully saturated rings. The van der Waals surface area contributed by atoms with E-state index in [1.807, 2.05) is 35.9 Å². The number of aromatic nitrogens is 2. The summed E-state index contributed by atoms with van der Waals surface area (Å²) in [6.07, 6.45) is -1.37. The number of hydrogen-bond donors (Lipinski definition) is 0. The van der Waals surface area contributed by atoms with Crippen molar-refractivity contribution in [3.8, 4) is 11.3 Å². The second-order valence-corrected chi connectivity index (χ2v) is 4.60. The lowest BCUT2D eigenvalue weighted by molar-refractivity contribution is -0.137. The summed E-state index contributed by atoms with van der Waals surface area (Å²) in [5, 5.41) is 0.891. The van der Waals surface area contributed by atoms with E-state index < -0.39 is 11.7 Å². The van der Waals surface area contributed by atoms with Gasteiger partial charge in [-0.05, 0) is 18.2 Å². The summed E-state index contributed by atoms with van der Waals surface area (Å²) in [7, 11) is 1.86. The molecule has 0 unspecified atom stereocenters. The number of pyridine rings is 1. The summed E-state index contributed by atoms with van der Waals surface area (Å²) in [5.74, 6) is 0. The van der Waals surface area contributed by atoms with Crippen LogP contribution in [0.4, 0.5) is 13.2 Å². The van der Waals surface area contributed by atoms with Crippen LogP contribution < -0.4 is 0 Å². The second-order valence-electron chi connectivity index (χ2n) is 4.60. The molecule has 0 bridgehead atoms. The SMILES string of the molecule is Cn1cc(-c2cc(C(F)(F)F)ccn2)c2ccccc21. The molecule has 0 saturated heterocycles. The van der Waals surface area contributed by atoms with Crippen molar-refractivity contribution >= 4 is 10.9 Å². The van der Waals surface area contributed by atoms with Gasteiger partial charge in [0.1, 0.15) is 0 Å². The quantitative estimate of drug-likeness (QED) is 0.649. The lowest BCUT2D eigenvalue weighted by Gasteiger charge is -2.07. The van der Waals surface area contributed by atoms with E-state index in [9.17, 15) is 13.2 Å². The molecule has 0 amide bonds. The first-order valence-corrected chi connectivity index (χ1v) is 6.04. The molecule has 0 N–H and O–H groups in total. The van der Waals surface area contributed by atoms with Crippen LogP contribution in [0, 0.1) is 0 Å². The Kier molecular flexibility index (Phi) is 2.78. The second kappa shape index (κ2) is 4.37. The van der Waals surface area contributed by atoms with Crippen LogP contribution in [0.1, 0.15) is 5.56 Å². The summed E-state index contributed by atoms with van der Waals surface area (Å²) >= 11 is 0. The van der Waals surface area contributed by atoms with Crippen LogP contribution in [-0.4, -0.2) is 9.55 Å². The molecule has 2 heterocycles. The van der Waals surface area contributed by atoms with Crippen LogP contribution in [0.3, 0.4) is 0 Å². The zero-order valence-corrected chi connectivity index (χ0v) is 10.6. The highest BCUT2D eigenvalue weighted by Gasteiger charge is 2.31. The Labute approximate surface area is 113 Å². The van der Waals surface area contributed by atoms with Gasteiger partial charge < -0.3 is 4.57 Å². The number of fused-ring (bicyclic) bond motifs is 1. The summed E-state index contributed by atoms with van der Waals surface area (Å²) < 4.78 is 40.2. The van der Waals surface area contributed by atoms with Crippen molar-refractivity contribution in [3.63, 3.8) is 0 Å². The summed E-state index contributed by atoms with van der Waals surface area (Å²) in [6.45, 7) is 0. The molecule has 0 aliphatic carbocycles. The number of benzene rings is 1. The van der Waals surface area contributed by atoms with E-state index in [1.54, 1.807) is 6.20 Å². The first kappa shape index (κ1) is 12.7. The number of hydrogen-bond acceptors (Lipinski definition) is 1. The topological polar surface area (TPSA) is 17.8 Å². The summed E-state index contributed by atoms with van der Waals surface area (Å²) in [5.41, 5.74) is 1.31. The van der Waals surface area contributed by atoms with Crippen molar-refractivity contribution in [3.05, 3.63) is 54.4 Å². The molecular formula is C15H11F3N2. The molecule has 0 aliphatic rings. The molecule has 0 radical (unpaired) electrons. The van der Waals surface area contributed by atoms with Crippen molar-refractivity contribution in [2.45, 2.75) is 6.18 Å². The molecule has 0 aliphatic heterocycles. The maximum atomic E-state index is 12.8. The van der Waals surface area contributed by atoms with Crippen LogP contribution >= 0.6 is 0 Å². The van der Waals surface area contributed by atoms with Crippen LogP contribution in [-0.2, 0) is 13.2 Å². The van der Waals surface area contributed by atoms with Gasteiger partial charge in [0.2, 0.25) is 0 Å². The van der Waals surface area contributed by atoms with Crippen LogP contribution in [0.2, 0.25) is 0 Å². The van der Waals surface area contributed by atoms with Crippen molar-refractivity contribution in [1.29, 1.82) is 0 Å². The van der Waals surface area contributed by atoms with Crippen LogP contribution in [0.5, 0.6) is 0 Å². The first-order valence-electron chi connectivity index (χ1n) is 6.04. The van der Waals surface area contributed by atoms with Crippen LogP contribution in [0.25, 0.3) is 22.2 Å². The number of aryl methyl sites for hydroxylation is 1. The van der Waals surface area contributed by atoms with Gasteiger partial charge in [-0.15, -0.1) is 0 Å². The molecule has 2 aromatic heterocycles. The van der Waals surface area contributed by atoms with Crippen molar-refractivity contribution < 1.29 is 13.2 Å². The van der Waals surface area contributed by atoms with E-state index >= 15 is 0 Å². The average molecular weight is 276 g/mol. The van der Waals surface area contributed by atoms with Crippen molar-refractivity contribution in [2.75, 3.05) is 0 Å². The molecule has 1 aromatic carbocycles. The molecule has 102 valence electrons. The minimum absolute atomic E-state index is 0.330. The van der Waals surface area contributed by atoms with E-state index in [2.05, 4.69) is 4.98 Å². The number of nitrogens with zero attached hydrogens (tertiary/aromatic N) is 2. The van der Waals surface area contributed by atoms with E-state index in [4.69, 9.17) is 0 Å². The standard InChI is InChI=1S/C15H11F3N2/c1-20-9-12(11-4-2-3-5-14(11)20)13-8-10(6-7-19-13)15(16,17)18/h2-9H,1H3. The Morgan fingerprint density at radius 2 is 1.85 bits per heavy atom. The highest BCUT2D eigenvalue weighted by atomic mass is 19.4. The maximum Gasteiger partial charge on any atom is 0.416 e. The Morgan fingerprint density at radius 1 is 1.10 bits per heavy atom. The van der Waals surface area contributed by atoms with E-state index in [-0.39, 0.29) is 0 Å². The fourth-order valence-corrected chi connectivity index (χ4v) is 2.30. The Hall–Kier alpha value is -2.30. The van der Waals surface area contributed by atoms with Gasteiger partial charge in [-0.1, -0.05) is 18.2 Å². The number of para-hydroxylation sites is 1. The van der Waals surface area contributed by atoms with Gasteiger partial charge in [-0.3, -0.25) is 4.98 Å². The zero-order valence-electron chi connectivity index (χ0n) is 10.6. The average Bonchev–Trinajstić information content (AvgIpc) is 2.76. The van der Waals surface area contributed by atoms with Gasteiger partial charge in [0.05, 0.1) is 11.3 Å². The lowest BCUT2D eigenvalue weighted by atomic mass is 10.1. The van der Waals surface area contributed by atoms with E-state index in [0.717, 1.165) is 23.0 Å². The van der Waals surface area contributed by atoms with Crippen LogP contribution in [0.15, 0.2) is 48.8 Å². The summed E-state index contributed by atoms with van der Waals surface area (Å²) in [4.78, 5) is 4.07. The van der Waals surface area contributed by atoms with Gasteiger partial charge in [-0.2, -0.15) is 13.2 Å². The molecule has 2 nitrogen and oxygen atoms in total. The monoisotopic (exact) mass is 276 g/mol. The molecule has 0 spiro atoms. The lowest BCUT2D eigenvalue weighted by Crippen LogP contribution is -2.05. The highest BCUT2D eigenvalue weighted by molar-refractivity contribution is 5.95. The van der Waals surface area contributed by atoms with E-state index in [0.29, 0.717) is 11.3 Å². The Morgan fingerprint density at radius 3 is 2.60 bits per heavy atom. The number of rotatable bonds is 1. The third-order valence-electron chi connectivity index (χ3n) is 3.26. The van der Waals surface area contributed by atoms with E-state index in [1.165, 1.54) is 6.20 Å². The van der Waals surface area contributed by atoms with Gasteiger partial charge in [0, 0.05) is 35.9 Å². The Bertz CT molecular complexity index is 772. The predicted molar refractivity (Wildman–Crippen MR) is 71.2 cm³/mol. The molecule has 0 saturated carbocycles. The largest absolute Gasteiger partial charge is 0.416 e. The van der Waals surface area contributed by atoms with Gasteiger partial charge in [-0.25, -0.2) is 0 Å². The molecule has 0 atom stereocenters. The first-order chi connectivity index (χ1) is 9.47. The molecular weight excluding hydrogens is 265 g/mol. The fraction of sp³-hybridized carbons (Fsp3) is 0.133. The summed E-state index contributed by atoms with van der Waals surface area (Å²) in [6, 6.07) is 9.63. The third-order valence-corrected chi connectivity index (χ3v) is 3.26. The maximum absolute atomic E-state index is 12.8. The fourth-order valence-electron chi connectivity index (χ4n) is 2.30. The van der Waals surface area contributed by atoms with Gasteiger partial charge >= 0.3 is 6.18 Å². The minimum Gasteiger partial charge on any atom is -0.350 e. The number of halogens is 3. The highest BCUT2D eigenvalue weighted by Crippen LogP contribution is 2.33. The van der Waals surface area contributed by atoms with Gasteiger partial charge in [0.15, 0.2) is 0 Å². The molecule has 3 rings (SSSR count). The predicted octanol–water partition coefficient (Wildman–Crippen LogP) is 4.26. The van der Waals surface area contributed by atoms with Gasteiger partial charge in [0.25, 0.3) is 0 Å². The zero-order chi connectivity index (χ0) is 14.3. The molecule has 5 heteroatoms. The minimum atomic E-state index is -4.36. The molecule has 3 aromatic rings. The van der Waals surface area contributed by atoms with Crippen molar-refractivity contribution in [2.24, 2.45) is 7.05 Å². The number of alkyl halides is 3. The molecule has 20 heavy (non-hydrogen) atoms. The Balaban J connectivity index is 2.21. The smallest absolute Gasteiger partial charge is 0.350 e. The normalized spacial score (nSPS) is 12.0.